The number of benzene rings is 1. The largest absolute Gasteiger partial charge is 0.493 e. The van der Waals surface area contributed by atoms with E-state index in [0.29, 0.717) is 51.8 Å². The highest BCUT2D eigenvalue weighted by atomic mass is 35.5. The molecule has 0 heterocycles. The topological polar surface area (TPSA) is 86.3 Å². The Kier molecular flexibility index (Phi) is 8.86. The zero-order chi connectivity index (χ0) is 25.7. The summed E-state index contributed by atoms with van der Waals surface area (Å²) in [7, 11) is 6.03. The van der Waals surface area contributed by atoms with Crippen molar-refractivity contribution in [3.8, 4) is 34.1 Å². The van der Waals surface area contributed by atoms with Crippen LogP contribution in [0.25, 0.3) is 11.1 Å². The summed E-state index contributed by atoms with van der Waals surface area (Å²) in [6.07, 6.45) is 1.04. The number of ether oxygens (including phenoxy) is 4. The average molecular weight is 505 g/mol. The third-order valence-corrected chi connectivity index (χ3v) is 6.80. The first-order valence-electron chi connectivity index (χ1n) is 11.6. The molecule has 35 heavy (non-hydrogen) atoms. The van der Waals surface area contributed by atoms with Gasteiger partial charge in [-0.2, -0.15) is 0 Å². The normalized spacial score (nSPS) is 14.5. The third-order valence-electron chi connectivity index (χ3n) is 6.40. The molecule has 0 unspecified atom stereocenters. The van der Waals surface area contributed by atoms with E-state index in [4.69, 9.17) is 30.5 Å². The van der Waals surface area contributed by atoms with Gasteiger partial charge in [0, 0.05) is 5.56 Å². The Morgan fingerprint density at radius 2 is 1.69 bits per heavy atom. The molecule has 0 radical (unpaired) electrons. The second-order valence-electron chi connectivity index (χ2n) is 8.17. The SMILES string of the molecule is CCN(CC)CC(=O)N[C@H]1CCc2c(Cl)c(OC)c(OC)c(OC)c2-c2ccc(OC)c(=O)cc21. The number of nitrogens with one attached hydrogen (secondary N) is 1. The minimum atomic E-state index is -0.428. The fourth-order valence-electron chi connectivity index (χ4n) is 4.58. The van der Waals surface area contributed by atoms with E-state index in [1.54, 1.807) is 19.2 Å². The van der Waals surface area contributed by atoms with Gasteiger partial charge >= 0.3 is 0 Å². The molecular weight excluding hydrogens is 472 g/mol. The van der Waals surface area contributed by atoms with Crippen molar-refractivity contribution in [2.45, 2.75) is 32.7 Å². The zero-order valence-electron chi connectivity index (χ0n) is 21.1. The van der Waals surface area contributed by atoms with Crippen molar-refractivity contribution in [1.82, 2.24) is 10.2 Å². The van der Waals surface area contributed by atoms with E-state index < -0.39 is 6.04 Å². The molecule has 1 aliphatic carbocycles. The van der Waals surface area contributed by atoms with Gasteiger partial charge in [0.2, 0.25) is 17.1 Å². The van der Waals surface area contributed by atoms with Crippen molar-refractivity contribution >= 4 is 17.5 Å². The highest BCUT2D eigenvalue weighted by Gasteiger charge is 2.32. The lowest BCUT2D eigenvalue weighted by atomic mass is 9.95. The maximum atomic E-state index is 13.0. The fraction of sp³-hybridized carbons (Fsp3) is 0.462. The predicted molar refractivity (Wildman–Crippen MR) is 136 cm³/mol. The van der Waals surface area contributed by atoms with Crippen molar-refractivity contribution in [3.63, 3.8) is 0 Å². The van der Waals surface area contributed by atoms with Crippen LogP contribution >= 0.6 is 11.6 Å². The van der Waals surface area contributed by atoms with Gasteiger partial charge in [0.1, 0.15) is 0 Å². The average Bonchev–Trinajstić information content (AvgIpc) is 3.11. The van der Waals surface area contributed by atoms with Gasteiger partial charge in [0.05, 0.1) is 46.0 Å². The van der Waals surface area contributed by atoms with Gasteiger partial charge in [-0.05, 0) is 54.8 Å². The lowest BCUT2D eigenvalue weighted by molar-refractivity contribution is -0.123. The molecule has 0 saturated carbocycles. The lowest BCUT2D eigenvalue weighted by Crippen LogP contribution is -2.39. The van der Waals surface area contributed by atoms with Crippen molar-refractivity contribution in [1.29, 1.82) is 0 Å². The van der Waals surface area contributed by atoms with Crippen molar-refractivity contribution in [2.75, 3.05) is 48.1 Å². The number of amides is 1. The molecule has 0 bridgehead atoms. The third kappa shape index (κ3) is 5.18. The summed E-state index contributed by atoms with van der Waals surface area (Å²) in [5, 5.41) is 3.54. The predicted octanol–water partition coefficient (Wildman–Crippen LogP) is 3.85. The van der Waals surface area contributed by atoms with E-state index >= 15 is 0 Å². The number of carbonyl (C=O) groups excluding carboxylic acids is 1. The Bertz CT molecular complexity index is 1150. The Hall–Kier alpha value is -2.97. The minimum absolute atomic E-state index is 0.116. The molecule has 1 atom stereocenters. The van der Waals surface area contributed by atoms with Crippen molar-refractivity contribution in [3.05, 3.63) is 44.6 Å². The van der Waals surface area contributed by atoms with Crippen molar-refractivity contribution in [2.24, 2.45) is 0 Å². The number of halogens is 1. The number of hydrogen-bond acceptors (Lipinski definition) is 7. The van der Waals surface area contributed by atoms with Crippen LogP contribution in [0.2, 0.25) is 5.02 Å². The van der Waals surface area contributed by atoms with Crippen LogP contribution in [-0.4, -0.2) is 58.9 Å². The monoisotopic (exact) mass is 504 g/mol. The maximum Gasteiger partial charge on any atom is 0.234 e. The highest BCUT2D eigenvalue weighted by Crippen LogP contribution is 2.54. The van der Waals surface area contributed by atoms with E-state index in [1.807, 2.05) is 18.7 Å². The van der Waals surface area contributed by atoms with Crippen LogP contribution in [0.15, 0.2) is 23.0 Å². The van der Waals surface area contributed by atoms with E-state index in [-0.39, 0.29) is 23.6 Å². The molecule has 0 fully saturated rings. The second-order valence-corrected chi connectivity index (χ2v) is 8.54. The van der Waals surface area contributed by atoms with E-state index in [2.05, 4.69) is 5.32 Å². The minimum Gasteiger partial charge on any atom is -0.493 e. The Morgan fingerprint density at radius 3 is 2.26 bits per heavy atom. The maximum absolute atomic E-state index is 13.0. The molecule has 0 aromatic heterocycles. The lowest BCUT2D eigenvalue weighted by Gasteiger charge is -2.22. The number of nitrogens with zero attached hydrogens (tertiary/aromatic N) is 1. The Labute approximate surface area is 211 Å². The van der Waals surface area contributed by atoms with Crippen LogP contribution in [0, 0.1) is 0 Å². The Morgan fingerprint density at radius 1 is 1.03 bits per heavy atom. The summed E-state index contributed by atoms with van der Waals surface area (Å²) < 4.78 is 22.3. The molecule has 3 rings (SSSR count). The van der Waals surface area contributed by atoms with Crippen LogP contribution in [0.1, 0.15) is 37.4 Å². The standard InChI is InChI=1S/C26H33ClN2O6/c1-7-29(8-2)14-21(31)28-18-11-9-16-22(15-10-12-20(32-3)19(30)13-17(15)18)24(33-4)26(35-6)25(34-5)23(16)27/h10,12-13,18H,7-9,11,14H2,1-6H3,(H,28,31)/t18-/m0/s1. The van der Waals surface area contributed by atoms with Crippen LogP contribution in [0.5, 0.6) is 23.0 Å². The molecule has 0 spiro atoms. The zero-order valence-corrected chi connectivity index (χ0v) is 21.9. The van der Waals surface area contributed by atoms with Crippen LogP contribution < -0.4 is 29.7 Å². The van der Waals surface area contributed by atoms with Gasteiger partial charge in [-0.15, -0.1) is 0 Å². The molecule has 2 aromatic rings. The molecular formula is C26H33ClN2O6. The number of rotatable bonds is 9. The second kappa shape index (κ2) is 11.6. The summed E-state index contributed by atoms with van der Waals surface area (Å²) in [5.41, 5.74) is 2.56. The number of likely N-dealkylation sites (N-methyl/N-ethyl adjacent to an activating group) is 1. The first-order chi connectivity index (χ1) is 16.8. The summed E-state index contributed by atoms with van der Waals surface area (Å²) in [4.78, 5) is 27.9. The van der Waals surface area contributed by atoms with Gasteiger partial charge in [-0.25, -0.2) is 0 Å². The fourth-order valence-corrected chi connectivity index (χ4v) is 4.93. The molecule has 0 aliphatic heterocycles. The molecule has 1 aliphatic rings. The van der Waals surface area contributed by atoms with E-state index in [9.17, 15) is 9.59 Å². The molecule has 8 nitrogen and oxygen atoms in total. The Balaban J connectivity index is 2.28. The summed E-state index contributed by atoms with van der Waals surface area (Å²) >= 11 is 6.82. The molecule has 9 heteroatoms. The number of fused-ring (bicyclic) bond motifs is 3. The summed E-state index contributed by atoms with van der Waals surface area (Å²) in [6.45, 7) is 5.82. The quantitative estimate of drug-likeness (QED) is 0.555. The van der Waals surface area contributed by atoms with Gasteiger partial charge in [-0.3, -0.25) is 14.5 Å². The van der Waals surface area contributed by atoms with Gasteiger partial charge in [0.25, 0.3) is 0 Å². The molecule has 2 aromatic carbocycles. The van der Waals surface area contributed by atoms with Crippen LogP contribution in [-0.2, 0) is 11.2 Å². The van der Waals surface area contributed by atoms with E-state index in [1.165, 1.54) is 27.4 Å². The van der Waals surface area contributed by atoms with Gasteiger partial charge < -0.3 is 24.3 Å². The smallest absolute Gasteiger partial charge is 0.234 e. The summed E-state index contributed by atoms with van der Waals surface area (Å²) in [5.74, 6) is 1.25. The number of methoxy groups -OCH3 is 4. The highest BCUT2D eigenvalue weighted by molar-refractivity contribution is 6.34. The first-order valence-corrected chi connectivity index (χ1v) is 12.0. The first kappa shape index (κ1) is 26.6. The van der Waals surface area contributed by atoms with E-state index in [0.717, 1.165) is 18.7 Å². The molecule has 190 valence electrons. The number of hydrogen-bond donors (Lipinski definition) is 1. The van der Waals surface area contributed by atoms with Crippen LogP contribution in [0.4, 0.5) is 0 Å². The molecule has 1 amide bonds. The number of carbonyl (C=O) groups is 1. The molecule has 0 saturated heterocycles. The van der Waals surface area contributed by atoms with Crippen LogP contribution in [0.3, 0.4) is 0 Å². The van der Waals surface area contributed by atoms with Gasteiger partial charge in [0.15, 0.2) is 17.2 Å². The van der Waals surface area contributed by atoms with Gasteiger partial charge in [-0.1, -0.05) is 31.5 Å². The van der Waals surface area contributed by atoms with Crippen molar-refractivity contribution < 1.29 is 23.7 Å². The molecule has 1 N–H and O–H groups in total. The summed E-state index contributed by atoms with van der Waals surface area (Å²) in [6, 6.07) is 4.52.